The molecule has 0 aliphatic rings. The van der Waals surface area contributed by atoms with Crippen LogP contribution in [0.25, 0.3) is 10.8 Å². The van der Waals surface area contributed by atoms with E-state index < -0.39 is 0 Å². The first kappa shape index (κ1) is 8.88. The van der Waals surface area contributed by atoms with Crippen LogP contribution >= 0.6 is 0 Å². The molecule has 14 heavy (non-hydrogen) atoms. The van der Waals surface area contributed by atoms with E-state index in [4.69, 9.17) is 11.5 Å². The molecule has 0 spiro atoms. The standard InChI is InChI=1S/C12H14N2/c1-2-8-6-7-9-10(12(8)14)4-3-5-11(9)13/h3-7H,2,13-14H2,1H3. The molecular weight excluding hydrogens is 172 g/mol. The van der Waals surface area contributed by atoms with Gasteiger partial charge < -0.3 is 11.5 Å². The quantitative estimate of drug-likeness (QED) is 0.672. The van der Waals surface area contributed by atoms with Crippen molar-refractivity contribution < 1.29 is 0 Å². The lowest BCUT2D eigenvalue weighted by Gasteiger charge is -2.08. The van der Waals surface area contributed by atoms with Crippen molar-refractivity contribution in [3.8, 4) is 0 Å². The van der Waals surface area contributed by atoms with Crippen molar-refractivity contribution in [1.29, 1.82) is 0 Å². The van der Waals surface area contributed by atoms with Gasteiger partial charge in [-0.15, -0.1) is 0 Å². The Bertz CT molecular complexity index is 475. The summed E-state index contributed by atoms with van der Waals surface area (Å²) < 4.78 is 0. The molecule has 0 saturated carbocycles. The fraction of sp³-hybridized carbons (Fsp3) is 0.167. The molecule has 2 aromatic rings. The summed E-state index contributed by atoms with van der Waals surface area (Å²) in [6.45, 7) is 2.10. The number of nitrogens with two attached hydrogens (primary N) is 2. The maximum Gasteiger partial charge on any atom is 0.0426 e. The van der Waals surface area contributed by atoms with Gasteiger partial charge in [0.25, 0.3) is 0 Å². The predicted octanol–water partition coefficient (Wildman–Crippen LogP) is 2.57. The Morgan fingerprint density at radius 1 is 1.00 bits per heavy atom. The first-order valence-corrected chi connectivity index (χ1v) is 4.79. The van der Waals surface area contributed by atoms with Crippen LogP contribution in [0.2, 0.25) is 0 Å². The molecule has 0 bridgehead atoms. The number of anilines is 2. The zero-order valence-corrected chi connectivity index (χ0v) is 8.25. The Hall–Kier alpha value is -1.70. The number of hydrogen-bond acceptors (Lipinski definition) is 2. The Morgan fingerprint density at radius 3 is 2.50 bits per heavy atom. The molecule has 0 aliphatic heterocycles. The van der Waals surface area contributed by atoms with E-state index in [1.165, 1.54) is 5.56 Å². The zero-order valence-electron chi connectivity index (χ0n) is 8.25. The minimum absolute atomic E-state index is 0.789. The van der Waals surface area contributed by atoms with Gasteiger partial charge in [0.2, 0.25) is 0 Å². The van der Waals surface area contributed by atoms with Crippen LogP contribution in [0.5, 0.6) is 0 Å². The summed E-state index contributed by atoms with van der Waals surface area (Å²) >= 11 is 0. The highest BCUT2D eigenvalue weighted by Gasteiger charge is 2.03. The third-order valence-electron chi connectivity index (χ3n) is 2.61. The van der Waals surface area contributed by atoms with Crippen molar-refractivity contribution in [2.45, 2.75) is 13.3 Å². The lowest BCUT2D eigenvalue weighted by atomic mass is 10.0. The van der Waals surface area contributed by atoms with Gasteiger partial charge in [0, 0.05) is 22.1 Å². The number of fused-ring (bicyclic) bond motifs is 1. The van der Waals surface area contributed by atoms with Gasteiger partial charge in [-0.25, -0.2) is 0 Å². The Labute approximate surface area is 83.5 Å². The molecule has 0 heterocycles. The van der Waals surface area contributed by atoms with Crippen molar-refractivity contribution in [2.24, 2.45) is 0 Å². The number of hydrogen-bond donors (Lipinski definition) is 2. The summed E-state index contributed by atoms with van der Waals surface area (Å²) in [4.78, 5) is 0. The molecule has 0 radical (unpaired) electrons. The van der Waals surface area contributed by atoms with Crippen molar-refractivity contribution in [3.05, 3.63) is 35.9 Å². The van der Waals surface area contributed by atoms with E-state index in [9.17, 15) is 0 Å². The van der Waals surface area contributed by atoms with E-state index in [0.29, 0.717) is 0 Å². The molecule has 0 atom stereocenters. The Morgan fingerprint density at radius 2 is 1.79 bits per heavy atom. The third kappa shape index (κ3) is 1.20. The summed E-state index contributed by atoms with van der Waals surface area (Å²) in [5, 5.41) is 2.10. The maximum absolute atomic E-state index is 6.04. The maximum atomic E-state index is 6.04. The Kier molecular flexibility index (Phi) is 2.04. The predicted molar refractivity (Wildman–Crippen MR) is 62.2 cm³/mol. The largest absolute Gasteiger partial charge is 0.398 e. The minimum Gasteiger partial charge on any atom is -0.398 e. The van der Waals surface area contributed by atoms with E-state index in [1.807, 2.05) is 30.3 Å². The van der Waals surface area contributed by atoms with Crippen LogP contribution in [0, 0.1) is 0 Å². The van der Waals surface area contributed by atoms with E-state index >= 15 is 0 Å². The normalized spacial score (nSPS) is 10.6. The first-order valence-electron chi connectivity index (χ1n) is 4.79. The second kappa shape index (κ2) is 3.22. The summed E-state index contributed by atoms with van der Waals surface area (Å²) in [5.74, 6) is 0. The molecule has 2 aromatic carbocycles. The van der Waals surface area contributed by atoms with Gasteiger partial charge >= 0.3 is 0 Å². The molecule has 2 rings (SSSR count). The first-order chi connectivity index (χ1) is 6.74. The van der Waals surface area contributed by atoms with E-state index in [0.717, 1.165) is 28.6 Å². The highest BCUT2D eigenvalue weighted by atomic mass is 14.6. The minimum atomic E-state index is 0.789. The van der Waals surface area contributed by atoms with Crippen LogP contribution in [0.4, 0.5) is 11.4 Å². The summed E-state index contributed by atoms with van der Waals surface area (Å²) in [6, 6.07) is 9.94. The number of benzene rings is 2. The van der Waals surface area contributed by atoms with Crippen molar-refractivity contribution >= 4 is 22.1 Å². The topological polar surface area (TPSA) is 52.0 Å². The van der Waals surface area contributed by atoms with Gasteiger partial charge in [-0.3, -0.25) is 0 Å². The average molecular weight is 186 g/mol. The summed E-state index contributed by atoms with van der Waals surface area (Å²) in [6.07, 6.45) is 0.955. The number of aryl methyl sites for hydroxylation is 1. The molecule has 0 aliphatic carbocycles. The summed E-state index contributed by atoms with van der Waals surface area (Å²) in [5.41, 5.74) is 14.7. The van der Waals surface area contributed by atoms with Crippen molar-refractivity contribution in [1.82, 2.24) is 0 Å². The van der Waals surface area contributed by atoms with E-state index in [2.05, 4.69) is 6.92 Å². The van der Waals surface area contributed by atoms with Crippen LogP contribution in [0.15, 0.2) is 30.3 Å². The fourth-order valence-corrected chi connectivity index (χ4v) is 1.76. The average Bonchev–Trinajstić information content (AvgIpc) is 2.20. The fourth-order valence-electron chi connectivity index (χ4n) is 1.76. The van der Waals surface area contributed by atoms with E-state index in [1.54, 1.807) is 0 Å². The van der Waals surface area contributed by atoms with Crippen LogP contribution in [-0.4, -0.2) is 0 Å². The van der Waals surface area contributed by atoms with Crippen LogP contribution in [-0.2, 0) is 6.42 Å². The van der Waals surface area contributed by atoms with Gasteiger partial charge in [-0.05, 0) is 18.1 Å². The van der Waals surface area contributed by atoms with Crippen LogP contribution < -0.4 is 11.5 Å². The SMILES string of the molecule is CCc1ccc2c(N)cccc2c1N. The molecule has 2 nitrogen and oxygen atoms in total. The smallest absolute Gasteiger partial charge is 0.0426 e. The molecule has 0 unspecified atom stereocenters. The molecule has 0 saturated heterocycles. The van der Waals surface area contributed by atoms with Gasteiger partial charge in [-0.2, -0.15) is 0 Å². The molecule has 4 N–H and O–H groups in total. The van der Waals surface area contributed by atoms with Gasteiger partial charge in [0.15, 0.2) is 0 Å². The molecule has 2 heteroatoms. The highest BCUT2D eigenvalue weighted by molar-refractivity contribution is 6.01. The number of nitrogen functional groups attached to an aromatic ring is 2. The van der Waals surface area contributed by atoms with Gasteiger partial charge in [0.1, 0.15) is 0 Å². The monoisotopic (exact) mass is 186 g/mol. The molecular formula is C12H14N2. The third-order valence-corrected chi connectivity index (χ3v) is 2.61. The molecule has 0 fully saturated rings. The highest BCUT2D eigenvalue weighted by Crippen LogP contribution is 2.28. The van der Waals surface area contributed by atoms with E-state index in [-0.39, 0.29) is 0 Å². The van der Waals surface area contributed by atoms with Crippen molar-refractivity contribution in [3.63, 3.8) is 0 Å². The molecule has 72 valence electrons. The van der Waals surface area contributed by atoms with Crippen molar-refractivity contribution in [2.75, 3.05) is 11.5 Å². The van der Waals surface area contributed by atoms with Crippen LogP contribution in [0.1, 0.15) is 12.5 Å². The Balaban J connectivity index is 2.84. The van der Waals surface area contributed by atoms with Gasteiger partial charge in [0.05, 0.1) is 0 Å². The lowest BCUT2D eigenvalue weighted by molar-refractivity contribution is 1.15. The summed E-state index contributed by atoms with van der Waals surface area (Å²) in [7, 11) is 0. The molecule has 0 aromatic heterocycles. The zero-order chi connectivity index (χ0) is 10.1. The second-order valence-electron chi connectivity index (χ2n) is 3.43. The number of rotatable bonds is 1. The van der Waals surface area contributed by atoms with Crippen LogP contribution in [0.3, 0.4) is 0 Å². The van der Waals surface area contributed by atoms with Gasteiger partial charge in [-0.1, -0.05) is 31.2 Å². The lowest BCUT2D eigenvalue weighted by Crippen LogP contribution is -1.95. The second-order valence-corrected chi connectivity index (χ2v) is 3.43. The molecule has 0 amide bonds.